The zero-order valence-electron chi connectivity index (χ0n) is 13.7. The van der Waals surface area contributed by atoms with Crippen LogP contribution in [0.25, 0.3) is 0 Å². The third kappa shape index (κ3) is 3.44. The molecule has 6 heteroatoms. The molecule has 6 nitrogen and oxygen atoms in total. The Morgan fingerprint density at radius 3 is 2.14 bits per heavy atom. The van der Waals surface area contributed by atoms with Crippen LogP contribution < -0.4 is 14.2 Å². The molecule has 0 unspecified atom stereocenters. The Kier molecular flexibility index (Phi) is 5.49. The molecule has 22 heavy (non-hydrogen) atoms. The number of benzene rings is 1. The molecule has 0 spiro atoms. The normalized spacial score (nSPS) is 16.1. The fraction of sp³-hybridized carbons (Fsp3) is 0.562. The van der Waals surface area contributed by atoms with Crippen molar-refractivity contribution in [2.75, 3.05) is 54.6 Å². The summed E-state index contributed by atoms with van der Waals surface area (Å²) in [6.45, 7) is 3.39. The van der Waals surface area contributed by atoms with Crippen molar-refractivity contribution in [1.29, 1.82) is 0 Å². The number of carbonyl (C=O) groups excluding carboxylic acids is 1. The van der Waals surface area contributed by atoms with Crippen molar-refractivity contribution in [3.8, 4) is 17.2 Å². The van der Waals surface area contributed by atoms with Gasteiger partial charge in [0.1, 0.15) is 0 Å². The molecule has 122 valence electrons. The molecule has 1 saturated heterocycles. The fourth-order valence-corrected chi connectivity index (χ4v) is 2.64. The average Bonchev–Trinajstić information content (AvgIpc) is 2.77. The monoisotopic (exact) mass is 308 g/mol. The molecule has 0 saturated carbocycles. The first-order valence-corrected chi connectivity index (χ1v) is 7.38. The third-order valence-corrected chi connectivity index (χ3v) is 3.92. The Labute approximate surface area is 131 Å². The lowest BCUT2D eigenvalue weighted by Gasteiger charge is -2.22. The first kappa shape index (κ1) is 16.4. The van der Waals surface area contributed by atoms with Crippen molar-refractivity contribution < 1.29 is 19.0 Å². The summed E-state index contributed by atoms with van der Waals surface area (Å²) < 4.78 is 15.9. The van der Waals surface area contributed by atoms with Gasteiger partial charge >= 0.3 is 0 Å². The number of likely N-dealkylation sites (N-methyl/N-ethyl adjacent to an activating group) is 1. The molecule has 1 fully saturated rings. The molecule has 1 aliphatic rings. The summed E-state index contributed by atoms with van der Waals surface area (Å²) in [4.78, 5) is 16.9. The van der Waals surface area contributed by atoms with Crippen LogP contribution in [-0.4, -0.2) is 70.3 Å². The van der Waals surface area contributed by atoms with Crippen molar-refractivity contribution in [2.24, 2.45) is 0 Å². The molecule has 0 bridgehead atoms. The highest BCUT2D eigenvalue weighted by atomic mass is 16.5. The summed E-state index contributed by atoms with van der Waals surface area (Å²) >= 11 is 0. The minimum absolute atomic E-state index is 0.00504. The number of hydrogen-bond acceptors (Lipinski definition) is 5. The number of ether oxygens (including phenoxy) is 3. The molecule has 1 heterocycles. The van der Waals surface area contributed by atoms with E-state index in [-0.39, 0.29) is 5.91 Å². The lowest BCUT2D eigenvalue weighted by Crippen LogP contribution is -2.34. The summed E-state index contributed by atoms with van der Waals surface area (Å²) in [5.41, 5.74) is 0.555. The lowest BCUT2D eigenvalue weighted by molar-refractivity contribution is 0.0762. The maximum atomic E-state index is 12.8. The van der Waals surface area contributed by atoms with Crippen LogP contribution in [0.4, 0.5) is 0 Å². The predicted molar refractivity (Wildman–Crippen MR) is 84.1 cm³/mol. The number of nitrogens with zero attached hydrogens (tertiary/aromatic N) is 2. The van der Waals surface area contributed by atoms with E-state index in [0.29, 0.717) is 22.8 Å². The van der Waals surface area contributed by atoms with E-state index in [4.69, 9.17) is 14.2 Å². The smallest absolute Gasteiger partial charge is 0.254 e. The van der Waals surface area contributed by atoms with E-state index >= 15 is 0 Å². The number of methoxy groups -OCH3 is 3. The van der Waals surface area contributed by atoms with E-state index in [1.54, 1.807) is 33.5 Å². The average molecular weight is 308 g/mol. The second-order valence-electron chi connectivity index (χ2n) is 5.36. The van der Waals surface area contributed by atoms with Gasteiger partial charge in [-0.15, -0.1) is 0 Å². The highest BCUT2D eigenvalue weighted by molar-refractivity contribution is 5.95. The van der Waals surface area contributed by atoms with Gasteiger partial charge in [0.05, 0.1) is 21.3 Å². The van der Waals surface area contributed by atoms with Crippen LogP contribution in [-0.2, 0) is 0 Å². The van der Waals surface area contributed by atoms with E-state index in [1.165, 1.54) is 0 Å². The molecule has 0 atom stereocenters. The highest BCUT2D eigenvalue weighted by Crippen LogP contribution is 2.38. The van der Waals surface area contributed by atoms with Crippen LogP contribution >= 0.6 is 0 Å². The number of rotatable bonds is 4. The maximum Gasteiger partial charge on any atom is 0.254 e. The van der Waals surface area contributed by atoms with E-state index in [9.17, 15) is 4.79 Å². The number of amides is 1. The Balaban J connectivity index is 2.29. The van der Waals surface area contributed by atoms with Crippen LogP contribution in [0, 0.1) is 0 Å². The van der Waals surface area contributed by atoms with Crippen LogP contribution in [0.1, 0.15) is 16.8 Å². The Morgan fingerprint density at radius 2 is 1.59 bits per heavy atom. The predicted octanol–water partition coefficient (Wildman–Crippen LogP) is 1.49. The van der Waals surface area contributed by atoms with Crippen molar-refractivity contribution >= 4 is 5.91 Å². The third-order valence-electron chi connectivity index (χ3n) is 3.92. The fourth-order valence-electron chi connectivity index (χ4n) is 2.64. The van der Waals surface area contributed by atoms with Crippen LogP contribution in [0.2, 0.25) is 0 Å². The van der Waals surface area contributed by atoms with Crippen LogP contribution in [0.3, 0.4) is 0 Å². The Bertz CT molecular complexity index is 508. The molecule has 1 aromatic carbocycles. The van der Waals surface area contributed by atoms with Crippen LogP contribution in [0.15, 0.2) is 12.1 Å². The van der Waals surface area contributed by atoms with Crippen LogP contribution in [0.5, 0.6) is 17.2 Å². The zero-order chi connectivity index (χ0) is 16.1. The molecule has 0 N–H and O–H groups in total. The second-order valence-corrected chi connectivity index (χ2v) is 5.36. The maximum absolute atomic E-state index is 12.8. The van der Waals surface area contributed by atoms with Gasteiger partial charge in [0.25, 0.3) is 5.91 Å². The van der Waals surface area contributed by atoms with Gasteiger partial charge in [-0.25, -0.2) is 0 Å². The number of hydrogen-bond donors (Lipinski definition) is 0. The molecule has 1 amide bonds. The summed E-state index contributed by atoms with van der Waals surface area (Å²) in [7, 11) is 6.72. The van der Waals surface area contributed by atoms with Gasteiger partial charge in [-0.1, -0.05) is 0 Å². The molecular formula is C16H24N2O4. The highest BCUT2D eigenvalue weighted by Gasteiger charge is 2.22. The molecule has 0 aromatic heterocycles. The largest absolute Gasteiger partial charge is 0.493 e. The lowest BCUT2D eigenvalue weighted by atomic mass is 10.1. The molecule has 1 aliphatic heterocycles. The molecule has 0 radical (unpaired) electrons. The van der Waals surface area contributed by atoms with E-state index in [2.05, 4.69) is 11.9 Å². The summed E-state index contributed by atoms with van der Waals surface area (Å²) in [6.07, 6.45) is 0.979. The molecule has 0 aliphatic carbocycles. The van der Waals surface area contributed by atoms with Crippen molar-refractivity contribution in [3.63, 3.8) is 0 Å². The van der Waals surface area contributed by atoms with Gasteiger partial charge in [-0.2, -0.15) is 0 Å². The minimum Gasteiger partial charge on any atom is -0.493 e. The van der Waals surface area contributed by atoms with E-state index < -0.39 is 0 Å². The molecular weight excluding hydrogens is 284 g/mol. The second kappa shape index (κ2) is 7.35. The first-order valence-electron chi connectivity index (χ1n) is 7.38. The quantitative estimate of drug-likeness (QED) is 0.843. The Morgan fingerprint density at radius 1 is 0.955 bits per heavy atom. The molecule has 1 aromatic rings. The summed E-state index contributed by atoms with van der Waals surface area (Å²) in [6, 6.07) is 3.41. The SMILES string of the molecule is COc1cc(C(=O)N2CCCN(C)CC2)cc(OC)c1OC. The van der Waals surface area contributed by atoms with Gasteiger partial charge in [-0.3, -0.25) is 4.79 Å². The topological polar surface area (TPSA) is 51.2 Å². The van der Waals surface area contributed by atoms with Crippen molar-refractivity contribution in [1.82, 2.24) is 9.80 Å². The zero-order valence-corrected chi connectivity index (χ0v) is 13.7. The minimum atomic E-state index is -0.00504. The molecule has 2 rings (SSSR count). The van der Waals surface area contributed by atoms with E-state index in [0.717, 1.165) is 32.6 Å². The van der Waals surface area contributed by atoms with Crippen molar-refractivity contribution in [3.05, 3.63) is 17.7 Å². The standard InChI is InChI=1S/C16H24N2O4/c1-17-6-5-7-18(9-8-17)16(19)12-10-13(20-2)15(22-4)14(11-12)21-3/h10-11H,5-9H2,1-4H3. The Hall–Kier alpha value is -1.95. The summed E-state index contributed by atoms with van der Waals surface area (Å²) in [5, 5.41) is 0. The number of carbonyl (C=O) groups is 1. The summed E-state index contributed by atoms with van der Waals surface area (Å²) in [5.74, 6) is 1.49. The van der Waals surface area contributed by atoms with Gasteiger partial charge in [-0.05, 0) is 32.1 Å². The first-order chi connectivity index (χ1) is 10.6. The van der Waals surface area contributed by atoms with Gasteiger partial charge < -0.3 is 24.0 Å². The van der Waals surface area contributed by atoms with Gasteiger partial charge in [0.2, 0.25) is 5.75 Å². The van der Waals surface area contributed by atoms with Gasteiger partial charge in [0.15, 0.2) is 11.5 Å². The van der Waals surface area contributed by atoms with Gasteiger partial charge in [0, 0.05) is 25.2 Å². The van der Waals surface area contributed by atoms with E-state index in [1.807, 2.05) is 4.90 Å². The van der Waals surface area contributed by atoms with Crippen molar-refractivity contribution in [2.45, 2.75) is 6.42 Å².